The maximum Gasteiger partial charge on any atom is 0.306 e. The molecule has 2 atom stereocenters. The lowest BCUT2D eigenvalue weighted by molar-refractivity contribution is -0.151. The van der Waals surface area contributed by atoms with E-state index in [4.69, 9.17) is 9.47 Å². The SMILES string of the molecule is CCCCCCCCCCN(C(=O)CCCN(C)C)C(CCCCCCCCC(=O)OC(CCCCC)CCCCCC)CCCCCCCCC(=O)OC(CCCCCC)CCCCCC. The minimum atomic E-state index is 0.0108. The number of amides is 1. The van der Waals surface area contributed by atoms with Gasteiger partial charge in [-0.2, -0.15) is 0 Å². The quantitative estimate of drug-likeness (QED) is 0.0447. The third-order valence-corrected chi connectivity index (χ3v) is 14.2. The fourth-order valence-corrected chi connectivity index (χ4v) is 9.82. The summed E-state index contributed by atoms with van der Waals surface area (Å²) in [5.74, 6) is 0.392. The smallest absolute Gasteiger partial charge is 0.306 e. The van der Waals surface area contributed by atoms with Crippen LogP contribution in [0.3, 0.4) is 0 Å². The standard InChI is InChI=1S/C60H118N2O5/c1-8-13-18-22-23-28-33-42-54-62(58(63)50-43-53-61(6)7)55(44-35-29-24-26-31-40-51-59(64)66-56(46-34-17-12-5)47-37-19-14-9-2)45-36-30-25-27-32-41-52-60(65)67-57(48-38-20-15-10-3)49-39-21-16-11-4/h55-57H,8-54H2,1-7H3. The van der Waals surface area contributed by atoms with Gasteiger partial charge in [0.25, 0.3) is 0 Å². The molecule has 0 aromatic carbocycles. The van der Waals surface area contributed by atoms with Crippen LogP contribution in [-0.2, 0) is 23.9 Å². The summed E-state index contributed by atoms with van der Waals surface area (Å²) in [5.41, 5.74) is 0. The second-order valence-corrected chi connectivity index (χ2v) is 21.2. The van der Waals surface area contributed by atoms with Crippen LogP contribution in [0.25, 0.3) is 0 Å². The van der Waals surface area contributed by atoms with Crippen LogP contribution in [0.15, 0.2) is 0 Å². The molecule has 0 aromatic rings. The molecule has 1 amide bonds. The van der Waals surface area contributed by atoms with Gasteiger partial charge in [0, 0.05) is 31.8 Å². The zero-order chi connectivity index (χ0) is 49.3. The van der Waals surface area contributed by atoms with Gasteiger partial charge in [0.05, 0.1) is 0 Å². The number of carbonyl (C=O) groups excluding carboxylic acids is 3. The number of esters is 2. The summed E-state index contributed by atoms with van der Waals surface area (Å²) in [6, 6.07) is 0.324. The summed E-state index contributed by atoms with van der Waals surface area (Å²) in [7, 11) is 4.21. The molecule has 0 N–H and O–H groups in total. The van der Waals surface area contributed by atoms with Crippen LogP contribution in [0.2, 0.25) is 0 Å². The highest BCUT2D eigenvalue weighted by Crippen LogP contribution is 2.23. The Bertz CT molecular complexity index is 1060. The van der Waals surface area contributed by atoms with Crippen molar-refractivity contribution in [2.75, 3.05) is 27.2 Å². The Balaban J connectivity index is 5.16. The lowest BCUT2D eigenvalue weighted by Crippen LogP contribution is -2.41. The topological polar surface area (TPSA) is 76.2 Å². The molecular weight excluding hydrogens is 829 g/mol. The molecule has 0 aliphatic carbocycles. The summed E-state index contributed by atoms with van der Waals surface area (Å²) in [6.45, 7) is 13.1. The van der Waals surface area contributed by atoms with E-state index in [0.29, 0.717) is 31.2 Å². The fraction of sp³-hybridized carbons (Fsp3) is 0.950. The number of rotatable bonds is 53. The summed E-state index contributed by atoms with van der Waals surface area (Å²) in [5, 5.41) is 0. The first kappa shape index (κ1) is 65.4. The first-order valence-corrected chi connectivity index (χ1v) is 30.0. The predicted molar refractivity (Wildman–Crippen MR) is 290 cm³/mol. The van der Waals surface area contributed by atoms with E-state index in [9.17, 15) is 14.4 Å². The molecule has 7 heteroatoms. The van der Waals surface area contributed by atoms with E-state index in [1.807, 2.05) is 0 Å². The Hall–Kier alpha value is -1.63. The lowest BCUT2D eigenvalue weighted by Gasteiger charge is -2.33. The molecule has 0 spiro atoms. The van der Waals surface area contributed by atoms with Crippen LogP contribution in [0.4, 0.5) is 0 Å². The number of unbranched alkanes of at least 4 members (excludes halogenated alkanes) is 28. The number of ether oxygens (including phenoxy) is 2. The molecule has 67 heavy (non-hydrogen) atoms. The normalized spacial score (nSPS) is 12.6. The molecule has 0 bridgehead atoms. The van der Waals surface area contributed by atoms with Crippen molar-refractivity contribution in [1.29, 1.82) is 0 Å². The number of carbonyl (C=O) groups is 3. The van der Waals surface area contributed by atoms with Crippen molar-refractivity contribution in [2.45, 2.75) is 342 Å². The third-order valence-electron chi connectivity index (χ3n) is 14.2. The van der Waals surface area contributed by atoms with Gasteiger partial charge in [-0.1, -0.05) is 214 Å². The molecule has 0 aromatic heterocycles. The Morgan fingerprint density at radius 1 is 0.328 bits per heavy atom. The molecule has 2 unspecified atom stereocenters. The maximum atomic E-state index is 14.0. The van der Waals surface area contributed by atoms with Crippen LogP contribution in [0.5, 0.6) is 0 Å². The van der Waals surface area contributed by atoms with Gasteiger partial charge in [0.2, 0.25) is 5.91 Å². The Morgan fingerprint density at radius 2 is 0.627 bits per heavy atom. The zero-order valence-corrected chi connectivity index (χ0v) is 46.4. The Labute approximate surface area is 419 Å². The number of hydrogen-bond donors (Lipinski definition) is 0. The molecule has 0 heterocycles. The Morgan fingerprint density at radius 3 is 1.01 bits per heavy atom. The van der Waals surface area contributed by atoms with Crippen molar-refractivity contribution < 1.29 is 23.9 Å². The predicted octanol–water partition coefficient (Wildman–Crippen LogP) is 18.2. The van der Waals surface area contributed by atoms with Gasteiger partial charge in [0.1, 0.15) is 12.2 Å². The molecule has 0 fully saturated rings. The van der Waals surface area contributed by atoms with E-state index in [1.54, 1.807) is 0 Å². The van der Waals surface area contributed by atoms with Gasteiger partial charge in [-0.25, -0.2) is 0 Å². The number of nitrogens with zero attached hydrogens (tertiary/aromatic N) is 2. The molecular formula is C60H118N2O5. The molecule has 0 aliphatic heterocycles. The third kappa shape index (κ3) is 44.1. The van der Waals surface area contributed by atoms with E-state index >= 15 is 0 Å². The van der Waals surface area contributed by atoms with Crippen LogP contribution in [-0.4, -0.2) is 73.1 Å². The van der Waals surface area contributed by atoms with Crippen LogP contribution < -0.4 is 0 Å². The monoisotopic (exact) mass is 947 g/mol. The second-order valence-electron chi connectivity index (χ2n) is 21.2. The highest BCUT2D eigenvalue weighted by Gasteiger charge is 2.23. The second kappa shape index (κ2) is 50.7. The van der Waals surface area contributed by atoms with Crippen molar-refractivity contribution in [3.05, 3.63) is 0 Å². The van der Waals surface area contributed by atoms with Crippen molar-refractivity contribution >= 4 is 17.8 Å². The van der Waals surface area contributed by atoms with Crippen molar-refractivity contribution in [3.63, 3.8) is 0 Å². The molecule has 0 aliphatic rings. The first-order chi connectivity index (χ1) is 32.7. The van der Waals surface area contributed by atoms with Crippen LogP contribution in [0, 0.1) is 0 Å². The summed E-state index contributed by atoms with van der Waals surface area (Å²) in [6.07, 6.45) is 51.2. The van der Waals surface area contributed by atoms with Crippen molar-refractivity contribution in [2.24, 2.45) is 0 Å². The lowest BCUT2D eigenvalue weighted by atomic mass is 9.97. The maximum absolute atomic E-state index is 14.0. The van der Waals surface area contributed by atoms with Gasteiger partial charge in [-0.05, 0) is 111 Å². The van der Waals surface area contributed by atoms with Gasteiger partial charge in [0.15, 0.2) is 0 Å². The fourth-order valence-electron chi connectivity index (χ4n) is 9.82. The average molecular weight is 948 g/mol. The summed E-state index contributed by atoms with van der Waals surface area (Å²) < 4.78 is 12.1. The molecule has 0 saturated carbocycles. The minimum Gasteiger partial charge on any atom is -0.462 e. The highest BCUT2D eigenvalue weighted by atomic mass is 16.5. The van der Waals surface area contributed by atoms with E-state index in [0.717, 1.165) is 122 Å². The van der Waals surface area contributed by atoms with Crippen molar-refractivity contribution in [1.82, 2.24) is 9.80 Å². The number of hydrogen-bond acceptors (Lipinski definition) is 6. The average Bonchev–Trinajstić information content (AvgIpc) is 3.30. The van der Waals surface area contributed by atoms with E-state index < -0.39 is 0 Å². The van der Waals surface area contributed by atoms with Crippen LogP contribution >= 0.6 is 0 Å². The van der Waals surface area contributed by atoms with E-state index in [1.165, 1.54) is 161 Å². The molecule has 0 saturated heterocycles. The van der Waals surface area contributed by atoms with Crippen LogP contribution in [0.1, 0.15) is 324 Å². The minimum absolute atomic E-state index is 0.0108. The molecule has 398 valence electrons. The van der Waals surface area contributed by atoms with Crippen molar-refractivity contribution in [3.8, 4) is 0 Å². The summed E-state index contributed by atoms with van der Waals surface area (Å²) >= 11 is 0. The highest BCUT2D eigenvalue weighted by molar-refractivity contribution is 5.76. The Kier molecular flexibility index (Phi) is 49.5. The van der Waals surface area contributed by atoms with Gasteiger partial charge in [-0.3, -0.25) is 14.4 Å². The van der Waals surface area contributed by atoms with Gasteiger partial charge < -0.3 is 19.3 Å². The summed E-state index contributed by atoms with van der Waals surface area (Å²) in [4.78, 5) is 44.2. The molecule has 0 radical (unpaired) electrons. The first-order valence-electron chi connectivity index (χ1n) is 30.0. The van der Waals surface area contributed by atoms with E-state index in [-0.39, 0.29) is 24.1 Å². The van der Waals surface area contributed by atoms with E-state index in [2.05, 4.69) is 58.5 Å². The van der Waals surface area contributed by atoms with Gasteiger partial charge >= 0.3 is 11.9 Å². The molecule has 0 rings (SSSR count). The largest absolute Gasteiger partial charge is 0.462 e. The zero-order valence-electron chi connectivity index (χ0n) is 46.4. The molecule has 7 nitrogen and oxygen atoms in total. The van der Waals surface area contributed by atoms with Gasteiger partial charge in [-0.15, -0.1) is 0 Å².